The van der Waals surface area contributed by atoms with Gasteiger partial charge < -0.3 is 5.11 Å². The Hall–Kier alpha value is -2.35. The van der Waals surface area contributed by atoms with Gasteiger partial charge in [0.15, 0.2) is 0 Å². The van der Waals surface area contributed by atoms with Gasteiger partial charge in [-0.15, -0.1) is 0 Å². The highest BCUT2D eigenvalue weighted by Crippen LogP contribution is 2.39. The maximum absolute atomic E-state index is 11.4. The van der Waals surface area contributed by atoms with Crippen molar-refractivity contribution in [1.29, 1.82) is 5.26 Å². The number of nitriles is 1. The predicted octanol–water partition coefficient (Wildman–Crippen LogP) is 2.28. The van der Waals surface area contributed by atoms with Gasteiger partial charge in [0.25, 0.3) is 0 Å². The molecule has 5 nitrogen and oxygen atoms in total. The number of aromatic carboxylic acids is 1. The predicted molar refractivity (Wildman–Crippen MR) is 68.2 cm³/mol. The number of pyridine rings is 1. The lowest BCUT2D eigenvalue weighted by atomic mass is 9.96. The largest absolute Gasteiger partial charge is 0.478 e. The number of carbonyl (C=O) groups is 1. The average molecular weight is 255 g/mol. The Kier molecular flexibility index (Phi) is 2.53. The smallest absolute Gasteiger partial charge is 0.339 e. The minimum absolute atomic E-state index is 0.123. The van der Waals surface area contributed by atoms with Crippen molar-refractivity contribution >= 4 is 11.5 Å². The first-order chi connectivity index (χ1) is 9.13. The second kappa shape index (κ2) is 4.09. The number of hydrogen-bond acceptors (Lipinski definition) is 3. The van der Waals surface area contributed by atoms with Crippen LogP contribution in [0.1, 0.15) is 45.9 Å². The fraction of sp³-hybridized carbons (Fsp3) is 0.357. The second-order valence-corrected chi connectivity index (χ2v) is 4.91. The molecule has 0 aliphatic heterocycles. The van der Waals surface area contributed by atoms with Gasteiger partial charge in [0, 0.05) is 12.6 Å². The Bertz CT molecular complexity index is 724. The highest BCUT2D eigenvalue weighted by atomic mass is 16.4. The minimum Gasteiger partial charge on any atom is -0.478 e. The van der Waals surface area contributed by atoms with Crippen molar-refractivity contribution < 1.29 is 9.90 Å². The SMILES string of the molecule is Cc1nn2ccc3c(c2c1C(=O)O)C(CC#N)CC3. The van der Waals surface area contributed by atoms with E-state index in [9.17, 15) is 9.90 Å². The van der Waals surface area contributed by atoms with Crippen molar-refractivity contribution in [3.8, 4) is 6.07 Å². The molecule has 5 heteroatoms. The van der Waals surface area contributed by atoms with Gasteiger partial charge in [-0.25, -0.2) is 9.31 Å². The molecule has 0 radical (unpaired) electrons. The molecule has 96 valence electrons. The van der Waals surface area contributed by atoms with Crippen LogP contribution < -0.4 is 0 Å². The van der Waals surface area contributed by atoms with Crippen molar-refractivity contribution in [2.24, 2.45) is 0 Å². The Balaban J connectivity index is 2.35. The number of aryl methyl sites for hydroxylation is 2. The molecule has 0 saturated carbocycles. The summed E-state index contributed by atoms with van der Waals surface area (Å²) < 4.78 is 1.63. The standard InChI is InChI=1S/C14H13N3O2/c1-8-11(14(18)19)13-12-9(4-6-15)2-3-10(12)5-7-17(13)16-8/h5,7,9H,2-4H2,1H3,(H,18,19). The van der Waals surface area contributed by atoms with Crippen molar-refractivity contribution in [2.75, 3.05) is 0 Å². The topological polar surface area (TPSA) is 78.4 Å². The third-order valence-electron chi connectivity index (χ3n) is 3.83. The van der Waals surface area contributed by atoms with E-state index in [0.29, 0.717) is 17.6 Å². The number of aromatic nitrogens is 2. The van der Waals surface area contributed by atoms with Gasteiger partial charge >= 0.3 is 5.97 Å². The summed E-state index contributed by atoms with van der Waals surface area (Å²) in [7, 11) is 0. The zero-order valence-corrected chi connectivity index (χ0v) is 10.6. The van der Waals surface area contributed by atoms with E-state index in [1.54, 1.807) is 11.4 Å². The van der Waals surface area contributed by atoms with Gasteiger partial charge in [0.05, 0.1) is 17.3 Å². The van der Waals surface area contributed by atoms with Crippen LogP contribution in [0.25, 0.3) is 5.52 Å². The Labute approximate surface area is 110 Å². The Morgan fingerprint density at radius 3 is 3.16 bits per heavy atom. The molecule has 1 atom stereocenters. The molecule has 0 spiro atoms. The lowest BCUT2D eigenvalue weighted by Gasteiger charge is -2.09. The van der Waals surface area contributed by atoms with Crippen LogP contribution in [-0.4, -0.2) is 20.7 Å². The van der Waals surface area contributed by atoms with Crippen LogP contribution in [0.3, 0.4) is 0 Å². The number of carboxylic acids is 1. The van der Waals surface area contributed by atoms with Gasteiger partial charge in [-0.05, 0) is 42.9 Å². The summed E-state index contributed by atoms with van der Waals surface area (Å²) in [6.45, 7) is 1.71. The van der Waals surface area contributed by atoms with E-state index < -0.39 is 5.97 Å². The monoisotopic (exact) mass is 255 g/mol. The lowest BCUT2D eigenvalue weighted by molar-refractivity contribution is 0.0698. The molecular formula is C14H13N3O2. The molecule has 0 amide bonds. The van der Waals surface area contributed by atoms with Crippen LogP contribution in [0, 0.1) is 18.3 Å². The third kappa shape index (κ3) is 1.60. The fourth-order valence-corrected chi connectivity index (χ4v) is 3.03. The van der Waals surface area contributed by atoms with Crippen LogP contribution in [0.15, 0.2) is 12.3 Å². The van der Waals surface area contributed by atoms with Gasteiger partial charge in [-0.2, -0.15) is 10.4 Å². The number of hydrogen-bond donors (Lipinski definition) is 1. The van der Waals surface area contributed by atoms with E-state index in [2.05, 4.69) is 11.2 Å². The van der Waals surface area contributed by atoms with Crippen LogP contribution >= 0.6 is 0 Å². The molecule has 0 saturated heterocycles. The molecule has 2 heterocycles. The minimum atomic E-state index is -0.955. The lowest BCUT2D eigenvalue weighted by Crippen LogP contribution is -2.02. The molecule has 3 rings (SSSR count). The average Bonchev–Trinajstić information content (AvgIpc) is 2.89. The van der Waals surface area contributed by atoms with Crippen molar-refractivity contribution in [3.05, 3.63) is 34.6 Å². The summed E-state index contributed by atoms with van der Waals surface area (Å²) in [6.07, 6.45) is 4.05. The van der Waals surface area contributed by atoms with Gasteiger partial charge in [0.1, 0.15) is 5.56 Å². The van der Waals surface area contributed by atoms with Crippen LogP contribution in [0.4, 0.5) is 0 Å². The summed E-state index contributed by atoms with van der Waals surface area (Å²) in [5.74, 6) is -0.832. The first-order valence-electron chi connectivity index (χ1n) is 6.24. The molecule has 0 fully saturated rings. The molecule has 1 N–H and O–H groups in total. The normalized spacial score (nSPS) is 17.4. The molecule has 1 aliphatic carbocycles. The molecular weight excluding hydrogens is 242 g/mol. The summed E-state index contributed by atoms with van der Waals surface area (Å²) in [4.78, 5) is 11.4. The van der Waals surface area contributed by atoms with Gasteiger partial charge in [-0.1, -0.05) is 0 Å². The van der Waals surface area contributed by atoms with E-state index >= 15 is 0 Å². The van der Waals surface area contributed by atoms with E-state index in [4.69, 9.17) is 5.26 Å². The number of rotatable bonds is 2. The van der Waals surface area contributed by atoms with Crippen molar-refractivity contribution in [3.63, 3.8) is 0 Å². The molecule has 1 aliphatic rings. The Morgan fingerprint density at radius 1 is 1.68 bits per heavy atom. The van der Waals surface area contributed by atoms with Crippen LogP contribution in [-0.2, 0) is 6.42 Å². The van der Waals surface area contributed by atoms with Gasteiger partial charge in [-0.3, -0.25) is 0 Å². The van der Waals surface area contributed by atoms with E-state index in [1.807, 2.05) is 12.3 Å². The number of carboxylic acid groups (broad SMARTS) is 1. The third-order valence-corrected chi connectivity index (χ3v) is 3.83. The zero-order valence-electron chi connectivity index (χ0n) is 10.6. The molecule has 0 aromatic carbocycles. The molecule has 2 aromatic rings. The fourth-order valence-electron chi connectivity index (χ4n) is 3.03. The number of fused-ring (bicyclic) bond motifs is 3. The maximum Gasteiger partial charge on any atom is 0.339 e. The summed E-state index contributed by atoms with van der Waals surface area (Å²) in [5.41, 5.74) is 3.60. The first-order valence-corrected chi connectivity index (χ1v) is 6.24. The second-order valence-electron chi connectivity index (χ2n) is 4.91. The Morgan fingerprint density at radius 2 is 2.47 bits per heavy atom. The van der Waals surface area contributed by atoms with E-state index in [1.165, 1.54) is 0 Å². The maximum atomic E-state index is 11.4. The van der Waals surface area contributed by atoms with Crippen molar-refractivity contribution in [1.82, 2.24) is 9.61 Å². The summed E-state index contributed by atoms with van der Waals surface area (Å²) in [5, 5.41) is 22.6. The highest BCUT2D eigenvalue weighted by molar-refractivity contribution is 5.98. The van der Waals surface area contributed by atoms with E-state index in [0.717, 1.165) is 24.0 Å². The number of nitrogens with zero attached hydrogens (tertiary/aromatic N) is 3. The zero-order chi connectivity index (χ0) is 13.6. The van der Waals surface area contributed by atoms with Gasteiger partial charge in [0.2, 0.25) is 0 Å². The van der Waals surface area contributed by atoms with Crippen LogP contribution in [0.2, 0.25) is 0 Å². The van der Waals surface area contributed by atoms with E-state index in [-0.39, 0.29) is 11.5 Å². The van der Waals surface area contributed by atoms with Crippen LogP contribution in [0.5, 0.6) is 0 Å². The van der Waals surface area contributed by atoms with Crippen molar-refractivity contribution in [2.45, 2.75) is 32.1 Å². The summed E-state index contributed by atoms with van der Waals surface area (Å²) in [6, 6.07) is 4.18. The summed E-state index contributed by atoms with van der Waals surface area (Å²) >= 11 is 0. The quantitative estimate of drug-likeness (QED) is 0.892. The molecule has 0 bridgehead atoms. The highest BCUT2D eigenvalue weighted by Gasteiger charge is 2.29. The molecule has 2 aromatic heterocycles. The molecule has 19 heavy (non-hydrogen) atoms. The molecule has 1 unspecified atom stereocenters. The first kappa shape index (κ1) is 11.7.